The standard InChI is InChI=1S/C23H22N2O3S2/c1-15-16(2)30-21-20(15)22(26)25(17-7-5-4-6-8-17)23(24-21)29-14-13-28-19-11-9-18(27-3)10-12-19/h4-12H,13-14H2,1-3H3. The highest BCUT2D eigenvalue weighted by Crippen LogP contribution is 2.29. The van der Waals surface area contributed by atoms with Crippen molar-refractivity contribution in [2.75, 3.05) is 19.5 Å². The molecule has 0 saturated heterocycles. The Hall–Kier alpha value is -2.77. The van der Waals surface area contributed by atoms with Gasteiger partial charge in [0, 0.05) is 10.6 Å². The summed E-state index contributed by atoms with van der Waals surface area (Å²) in [6.07, 6.45) is 0. The lowest BCUT2D eigenvalue weighted by Crippen LogP contribution is -2.22. The predicted molar refractivity (Wildman–Crippen MR) is 124 cm³/mol. The lowest BCUT2D eigenvalue weighted by atomic mass is 10.2. The van der Waals surface area contributed by atoms with E-state index in [-0.39, 0.29) is 5.56 Å². The zero-order chi connectivity index (χ0) is 21.1. The van der Waals surface area contributed by atoms with Crippen molar-refractivity contribution < 1.29 is 9.47 Å². The van der Waals surface area contributed by atoms with Gasteiger partial charge in [-0.25, -0.2) is 4.98 Å². The predicted octanol–water partition coefficient (Wildman–Crippen LogP) is 5.24. The summed E-state index contributed by atoms with van der Waals surface area (Å²) in [4.78, 5) is 20.1. The highest BCUT2D eigenvalue weighted by molar-refractivity contribution is 7.99. The maximum Gasteiger partial charge on any atom is 0.267 e. The second-order valence-electron chi connectivity index (χ2n) is 6.71. The highest BCUT2D eigenvalue weighted by atomic mass is 32.2. The molecule has 4 rings (SSSR count). The molecule has 0 atom stereocenters. The van der Waals surface area contributed by atoms with Crippen LogP contribution in [0, 0.1) is 13.8 Å². The van der Waals surface area contributed by atoms with Gasteiger partial charge in [0.05, 0.1) is 24.8 Å². The summed E-state index contributed by atoms with van der Waals surface area (Å²) in [5.41, 5.74) is 1.81. The third-order valence-electron chi connectivity index (χ3n) is 4.83. The van der Waals surface area contributed by atoms with E-state index in [1.54, 1.807) is 23.0 Å². The average Bonchev–Trinajstić information content (AvgIpc) is 3.06. The molecule has 0 radical (unpaired) electrons. The van der Waals surface area contributed by atoms with Gasteiger partial charge in [-0.1, -0.05) is 30.0 Å². The molecule has 2 heterocycles. The van der Waals surface area contributed by atoms with Gasteiger partial charge in [0.15, 0.2) is 5.16 Å². The van der Waals surface area contributed by atoms with Crippen molar-refractivity contribution in [3.05, 3.63) is 75.4 Å². The van der Waals surface area contributed by atoms with Crippen LogP contribution in [-0.2, 0) is 0 Å². The Kier molecular flexibility index (Phi) is 6.11. The first-order valence-electron chi connectivity index (χ1n) is 9.56. The Bertz CT molecular complexity index is 1220. The van der Waals surface area contributed by atoms with Crippen LogP contribution in [-0.4, -0.2) is 29.0 Å². The van der Waals surface area contributed by atoms with Crippen LogP contribution < -0.4 is 15.0 Å². The van der Waals surface area contributed by atoms with Gasteiger partial charge >= 0.3 is 0 Å². The second-order valence-corrected chi connectivity index (χ2v) is 8.97. The minimum atomic E-state index is -0.0216. The van der Waals surface area contributed by atoms with Gasteiger partial charge in [-0.05, 0) is 55.8 Å². The number of hydrogen-bond donors (Lipinski definition) is 0. The number of aryl methyl sites for hydroxylation is 2. The first-order valence-corrected chi connectivity index (χ1v) is 11.4. The number of methoxy groups -OCH3 is 1. The van der Waals surface area contributed by atoms with E-state index in [1.165, 1.54) is 11.8 Å². The van der Waals surface area contributed by atoms with Crippen molar-refractivity contribution in [1.82, 2.24) is 9.55 Å². The van der Waals surface area contributed by atoms with E-state index in [1.807, 2.05) is 68.4 Å². The summed E-state index contributed by atoms with van der Waals surface area (Å²) < 4.78 is 12.7. The Labute approximate surface area is 183 Å². The average molecular weight is 439 g/mol. The zero-order valence-electron chi connectivity index (χ0n) is 17.0. The topological polar surface area (TPSA) is 53.4 Å². The minimum absolute atomic E-state index is 0.0216. The Morgan fingerprint density at radius 1 is 1.03 bits per heavy atom. The van der Waals surface area contributed by atoms with E-state index in [0.29, 0.717) is 22.9 Å². The number of ether oxygens (including phenoxy) is 2. The smallest absolute Gasteiger partial charge is 0.267 e. The van der Waals surface area contributed by atoms with E-state index in [2.05, 4.69) is 0 Å². The van der Waals surface area contributed by atoms with E-state index >= 15 is 0 Å². The van der Waals surface area contributed by atoms with Gasteiger partial charge in [-0.2, -0.15) is 0 Å². The summed E-state index contributed by atoms with van der Waals surface area (Å²) in [5, 5.41) is 1.39. The van der Waals surface area contributed by atoms with Crippen LogP contribution in [0.3, 0.4) is 0 Å². The number of aromatic nitrogens is 2. The van der Waals surface area contributed by atoms with Gasteiger partial charge in [0.1, 0.15) is 16.3 Å². The van der Waals surface area contributed by atoms with Gasteiger partial charge in [0.25, 0.3) is 5.56 Å². The number of hydrogen-bond acceptors (Lipinski definition) is 6. The monoisotopic (exact) mass is 438 g/mol. The fraction of sp³-hybridized carbons (Fsp3) is 0.217. The molecule has 0 amide bonds. The van der Waals surface area contributed by atoms with Crippen LogP contribution in [0.1, 0.15) is 10.4 Å². The molecule has 0 N–H and O–H groups in total. The number of nitrogens with zero attached hydrogens (tertiary/aromatic N) is 2. The molecule has 0 aliphatic heterocycles. The minimum Gasteiger partial charge on any atom is -0.497 e. The molecule has 2 aromatic carbocycles. The lowest BCUT2D eigenvalue weighted by molar-refractivity contribution is 0.342. The molecule has 4 aromatic rings. The molecule has 0 fully saturated rings. The quantitative estimate of drug-likeness (QED) is 0.224. The highest BCUT2D eigenvalue weighted by Gasteiger charge is 2.17. The molecular weight excluding hydrogens is 416 g/mol. The molecule has 0 aliphatic carbocycles. The maximum absolute atomic E-state index is 13.4. The fourth-order valence-electron chi connectivity index (χ4n) is 3.14. The number of benzene rings is 2. The normalized spacial score (nSPS) is 11.0. The SMILES string of the molecule is COc1ccc(OCCSc2nc3sc(C)c(C)c3c(=O)n2-c2ccccc2)cc1. The first kappa shape index (κ1) is 20.5. The molecule has 0 bridgehead atoms. The first-order chi connectivity index (χ1) is 14.6. The molecule has 154 valence electrons. The summed E-state index contributed by atoms with van der Waals surface area (Å²) in [6, 6.07) is 17.2. The third-order valence-corrected chi connectivity index (χ3v) is 6.83. The Morgan fingerprint density at radius 3 is 2.43 bits per heavy atom. The number of thioether (sulfide) groups is 1. The van der Waals surface area contributed by atoms with Crippen molar-refractivity contribution in [2.45, 2.75) is 19.0 Å². The summed E-state index contributed by atoms with van der Waals surface area (Å²) in [5.74, 6) is 2.24. The molecular formula is C23H22N2O3S2. The maximum atomic E-state index is 13.4. The van der Waals surface area contributed by atoms with Crippen LogP contribution >= 0.6 is 23.1 Å². The van der Waals surface area contributed by atoms with Gasteiger partial charge in [0.2, 0.25) is 0 Å². The number of para-hydroxylation sites is 1. The van der Waals surface area contributed by atoms with Crippen LogP contribution in [0.25, 0.3) is 15.9 Å². The van der Waals surface area contributed by atoms with Gasteiger partial charge in [-0.15, -0.1) is 11.3 Å². The number of rotatable bonds is 7. The summed E-state index contributed by atoms with van der Waals surface area (Å²) >= 11 is 3.09. The zero-order valence-corrected chi connectivity index (χ0v) is 18.7. The molecule has 0 aliphatic rings. The second kappa shape index (κ2) is 8.93. The molecule has 5 nitrogen and oxygen atoms in total. The van der Waals surface area contributed by atoms with E-state index in [9.17, 15) is 4.79 Å². The van der Waals surface area contributed by atoms with Crippen molar-refractivity contribution in [2.24, 2.45) is 0 Å². The van der Waals surface area contributed by atoms with Crippen LogP contribution in [0.2, 0.25) is 0 Å². The van der Waals surface area contributed by atoms with Gasteiger partial charge < -0.3 is 9.47 Å². The Balaban J connectivity index is 1.60. The van der Waals surface area contributed by atoms with E-state index in [4.69, 9.17) is 14.5 Å². The van der Waals surface area contributed by atoms with E-state index < -0.39 is 0 Å². The van der Waals surface area contributed by atoms with Gasteiger partial charge in [-0.3, -0.25) is 9.36 Å². The van der Waals surface area contributed by atoms with Crippen molar-refractivity contribution in [1.29, 1.82) is 0 Å². The van der Waals surface area contributed by atoms with Crippen LogP contribution in [0.15, 0.2) is 64.5 Å². The Morgan fingerprint density at radius 2 is 1.73 bits per heavy atom. The third kappa shape index (κ3) is 4.08. The van der Waals surface area contributed by atoms with Crippen molar-refractivity contribution in [3.63, 3.8) is 0 Å². The van der Waals surface area contributed by atoms with Crippen LogP contribution in [0.5, 0.6) is 11.5 Å². The summed E-state index contributed by atoms with van der Waals surface area (Å²) in [7, 11) is 1.64. The number of thiophene rings is 1. The van der Waals surface area contributed by atoms with E-state index in [0.717, 1.165) is 32.5 Å². The number of fused-ring (bicyclic) bond motifs is 1. The molecule has 0 unspecified atom stereocenters. The van der Waals surface area contributed by atoms with Crippen molar-refractivity contribution >= 4 is 33.3 Å². The molecule has 30 heavy (non-hydrogen) atoms. The fourth-order valence-corrected chi connectivity index (χ4v) is 5.04. The largest absolute Gasteiger partial charge is 0.497 e. The molecule has 2 aromatic heterocycles. The lowest BCUT2D eigenvalue weighted by Gasteiger charge is -2.12. The molecule has 0 saturated carbocycles. The molecule has 0 spiro atoms. The summed E-state index contributed by atoms with van der Waals surface area (Å²) in [6.45, 7) is 4.52. The molecule has 7 heteroatoms. The van der Waals surface area contributed by atoms with Crippen molar-refractivity contribution in [3.8, 4) is 17.2 Å². The van der Waals surface area contributed by atoms with Crippen LogP contribution in [0.4, 0.5) is 0 Å².